The maximum atomic E-state index is 14.1. The Hall–Kier alpha value is -4.77. The van der Waals surface area contributed by atoms with E-state index in [9.17, 15) is 28.3 Å². The van der Waals surface area contributed by atoms with Crippen molar-refractivity contribution < 1.29 is 28.2 Å². The lowest BCUT2D eigenvalue weighted by Gasteiger charge is -2.27. The maximum Gasteiger partial charge on any atom is 0.274 e. The van der Waals surface area contributed by atoms with E-state index in [2.05, 4.69) is 23.8 Å². The smallest absolute Gasteiger partial charge is 0.274 e. The molecule has 0 bridgehead atoms. The number of aliphatic hydroxyl groups excluding tert-OH is 1. The van der Waals surface area contributed by atoms with Gasteiger partial charge in [-0.2, -0.15) is 0 Å². The third-order valence-corrected chi connectivity index (χ3v) is 5.85. The van der Waals surface area contributed by atoms with Crippen molar-refractivity contribution in [2.24, 2.45) is 0 Å². The summed E-state index contributed by atoms with van der Waals surface area (Å²) >= 11 is 0. The zero-order valence-electron chi connectivity index (χ0n) is 21.9. The lowest BCUT2D eigenvalue weighted by Crippen LogP contribution is -2.43. The summed E-state index contributed by atoms with van der Waals surface area (Å²) in [6.45, 7) is 6.60. The Kier molecular flexibility index (Phi) is 10.3. The highest BCUT2D eigenvalue weighted by molar-refractivity contribution is 5.99. The van der Waals surface area contributed by atoms with E-state index < -0.39 is 47.3 Å². The predicted molar refractivity (Wildman–Crippen MR) is 147 cm³/mol. The molecule has 2 amide bonds. The van der Waals surface area contributed by atoms with Crippen LogP contribution in [0.4, 0.5) is 8.78 Å². The van der Waals surface area contributed by atoms with Gasteiger partial charge in [0.05, 0.1) is 19.2 Å². The normalized spacial score (nSPS) is 11.3. The van der Waals surface area contributed by atoms with Gasteiger partial charge in [-0.25, -0.2) is 8.78 Å². The van der Waals surface area contributed by atoms with E-state index in [1.165, 1.54) is 21.8 Å². The molecule has 9 nitrogen and oxygen atoms in total. The van der Waals surface area contributed by atoms with Crippen molar-refractivity contribution >= 4 is 11.8 Å². The van der Waals surface area contributed by atoms with Crippen LogP contribution < -0.4 is 25.8 Å². The average molecular weight is 553 g/mol. The summed E-state index contributed by atoms with van der Waals surface area (Å²) in [5.74, 6) is -3.68. The van der Waals surface area contributed by atoms with Crippen LogP contribution in [-0.4, -0.2) is 47.8 Å². The molecule has 1 atom stereocenters. The van der Waals surface area contributed by atoms with E-state index in [0.29, 0.717) is 11.6 Å². The number of hydrogen-bond donors (Lipinski definition) is 3. The topological polar surface area (TPSA) is 113 Å². The maximum absolute atomic E-state index is 14.1. The number of nitrogens with one attached hydrogen (secondary N) is 2. The van der Waals surface area contributed by atoms with Gasteiger partial charge in [-0.1, -0.05) is 48.6 Å². The number of halogens is 2. The molecular weight excluding hydrogens is 522 g/mol. The molecule has 1 heterocycles. The number of aliphatic hydroxyl groups is 1. The molecule has 0 aliphatic heterocycles. The number of pyridine rings is 1. The molecule has 3 aromatic rings. The summed E-state index contributed by atoms with van der Waals surface area (Å²) < 4.78 is 34.5. The summed E-state index contributed by atoms with van der Waals surface area (Å²) in [6.07, 6.45) is 4.03. The second kappa shape index (κ2) is 13.9. The van der Waals surface area contributed by atoms with Gasteiger partial charge in [-0.15, -0.1) is 13.2 Å². The molecule has 1 aromatic heterocycles. The van der Waals surface area contributed by atoms with Crippen LogP contribution in [-0.2, 0) is 13.2 Å². The van der Waals surface area contributed by atoms with Crippen molar-refractivity contribution in [1.29, 1.82) is 0 Å². The number of amides is 2. The number of carbonyl (C=O) groups excluding carboxylic acids is 2. The van der Waals surface area contributed by atoms with Crippen LogP contribution in [0, 0.1) is 11.6 Å². The van der Waals surface area contributed by atoms with Gasteiger partial charge >= 0.3 is 0 Å². The number of benzene rings is 2. The van der Waals surface area contributed by atoms with Gasteiger partial charge in [0, 0.05) is 31.4 Å². The fourth-order valence-corrected chi connectivity index (χ4v) is 3.71. The summed E-state index contributed by atoms with van der Waals surface area (Å²) in [4.78, 5) is 40.2. The first-order valence-corrected chi connectivity index (χ1v) is 12.2. The number of aromatic nitrogens is 1. The summed E-state index contributed by atoms with van der Waals surface area (Å²) in [7, 11) is 1.59. The zero-order valence-corrected chi connectivity index (χ0v) is 21.9. The Labute approximate surface area is 230 Å². The minimum Gasteiger partial charge on any atom is -0.482 e. The summed E-state index contributed by atoms with van der Waals surface area (Å²) in [6, 6.07) is 11.0. The molecule has 0 saturated heterocycles. The zero-order chi connectivity index (χ0) is 29.2. The van der Waals surface area contributed by atoms with Crippen LogP contribution in [0.1, 0.15) is 32.0 Å². The largest absolute Gasteiger partial charge is 0.482 e. The van der Waals surface area contributed by atoms with Gasteiger partial charge < -0.3 is 25.5 Å². The van der Waals surface area contributed by atoms with E-state index in [4.69, 9.17) is 4.74 Å². The Morgan fingerprint density at radius 2 is 1.88 bits per heavy atom. The highest BCUT2D eigenvalue weighted by Gasteiger charge is 2.28. The van der Waals surface area contributed by atoms with Crippen molar-refractivity contribution in [2.75, 3.05) is 25.2 Å². The van der Waals surface area contributed by atoms with Crippen LogP contribution >= 0.6 is 0 Å². The van der Waals surface area contributed by atoms with Gasteiger partial charge in [0.25, 0.3) is 11.8 Å². The molecule has 0 fully saturated rings. The standard InChI is InChI=1S/C29H30F2N4O5/c1-4-13-34(3)35-16-23(28(38)32-15-20-11-12-21(30)14-24(20)31)26(37)27(40-18-19-9-7-6-8-10-19)25(35)29(39)33-22(5-2)17-36/h4-12,14,16,22,36H,1-2,13,15,17-18H2,3H3,(H,32,38)(H,33,39)/t22-/m1/s1. The molecule has 3 rings (SSSR count). The highest BCUT2D eigenvalue weighted by Crippen LogP contribution is 2.19. The Morgan fingerprint density at radius 1 is 1.15 bits per heavy atom. The number of nitrogens with zero attached hydrogens (tertiary/aromatic N) is 2. The van der Waals surface area contributed by atoms with Crippen LogP contribution in [0.2, 0.25) is 0 Å². The number of rotatable bonds is 13. The van der Waals surface area contributed by atoms with E-state index >= 15 is 0 Å². The van der Waals surface area contributed by atoms with Crippen LogP contribution in [0.5, 0.6) is 5.75 Å². The van der Waals surface area contributed by atoms with Crippen molar-refractivity contribution in [2.45, 2.75) is 19.2 Å². The minimum absolute atomic E-state index is 0.00914. The molecule has 0 aliphatic carbocycles. The fraction of sp³-hybridized carbons (Fsp3) is 0.207. The molecule has 0 radical (unpaired) electrons. The van der Waals surface area contributed by atoms with Crippen molar-refractivity contribution in [3.05, 3.63) is 124 Å². The van der Waals surface area contributed by atoms with E-state index in [1.54, 1.807) is 43.5 Å². The molecule has 2 aromatic carbocycles. The van der Waals surface area contributed by atoms with Crippen molar-refractivity contribution in [3.63, 3.8) is 0 Å². The molecule has 0 saturated carbocycles. The number of likely N-dealkylation sites (N-methyl/N-ethyl adjacent to an activating group) is 1. The number of ether oxygens (including phenoxy) is 1. The van der Waals surface area contributed by atoms with Gasteiger partial charge in [-0.05, 0) is 11.6 Å². The van der Waals surface area contributed by atoms with Crippen molar-refractivity contribution in [3.8, 4) is 5.75 Å². The third-order valence-electron chi connectivity index (χ3n) is 5.85. The van der Waals surface area contributed by atoms with Gasteiger partial charge in [0.15, 0.2) is 11.4 Å². The molecular formula is C29H30F2N4O5. The van der Waals surface area contributed by atoms with E-state index in [0.717, 1.165) is 12.3 Å². The molecule has 210 valence electrons. The molecule has 3 N–H and O–H groups in total. The van der Waals surface area contributed by atoms with Gasteiger partial charge in [0.2, 0.25) is 5.43 Å². The molecule has 0 unspecified atom stereocenters. The number of hydrogen-bond acceptors (Lipinski definition) is 6. The number of carbonyl (C=O) groups is 2. The fourth-order valence-electron chi connectivity index (χ4n) is 3.71. The Morgan fingerprint density at radius 3 is 2.50 bits per heavy atom. The Bertz CT molecular complexity index is 1440. The van der Waals surface area contributed by atoms with Crippen LogP contribution in [0.3, 0.4) is 0 Å². The van der Waals surface area contributed by atoms with Crippen LogP contribution in [0.15, 0.2) is 84.8 Å². The summed E-state index contributed by atoms with van der Waals surface area (Å²) in [5, 5.41) is 16.1. The van der Waals surface area contributed by atoms with E-state index in [1.807, 2.05) is 0 Å². The first kappa shape index (κ1) is 29.8. The van der Waals surface area contributed by atoms with Crippen LogP contribution in [0.25, 0.3) is 0 Å². The second-order valence-corrected chi connectivity index (χ2v) is 8.71. The molecule has 0 aliphatic rings. The quantitative estimate of drug-likeness (QED) is 0.281. The Balaban J connectivity index is 2.11. The predicted octanol–water partition coefficient (Wildman–Crippen LogP) is 2.67. The molecule has 11 heteroatoms. The molecule has 0 spiro atoms. The van der Waals surface area contributed by atoms with E-state index in [-0.39, 0.29) is 36.5 Å². The monoisotopic (exact) mass is 552 g/mol. The summed E-state index contributed by atoms with van der Waals surface area (Å²) in [5.41, 5.74) is -0.803. The first-order valence-electron chi connectivity index (χ1n) is 12.2. The second-order valence-electron chi connectivity index (χ2n) is 8.71. The average Bonchev–Trinajstić information content (AvgIpc) is 2.94. The SMILES string of the molecule is C=CCN(C)n1cc(C(=O)NCc2ccc(F)cc2F)c(=O)c(OCc2ccccc2)c1C(=O)N[C@H](C=C)CO. The first-order chi connectivity index (χ1) is 19.2. The van der Waals surface area contributed by atoms with Gasteiger partial charge in [-0.3, -0.25) is 19.1 Å². The van der Waals surface area contributed by atoms with Gasteiger partial charge in [0.1, 0.15) is 23.8 Å². The lowest BCUT2D eigenvalue weighted by atomic mass is 10.1. The minimum atomic E-state index is -0.888. The lowest BCUT2D eigenvalue weighted by molar-refractivity contribution is 0.0906. The highest BCUT2D eigenvalue weighted by atomic mass is 19.1. The van der Waals surface area contributed by atoms with Crippen molar-refractivity contribution in [1.82, 2.24) is 15.3 Å². The molecule has 40 heavy (non-hydrogen) atoms. The third kappa shape index (κ3) is 7.20.